The highest BCUT2D eigenvalue weighted by atomic mass is 79.9. The summed E-state index contributed by atoms with van der Waals surface area (Å²) >= 11 is 6.22. The summed E-state index contributed by atoms with van der Waals surface area (Å²) in [5, 5.41) is 40.7. The second-order valence-corrected chi connectivity index (χ2v) is 20.0. The minimum Gasteiger partial charge on any atom is -0.481 e. The smallest absolute Gasteiger partial charge is 0.307 e. The molecule has 1 aliphatic heterocycles. The monoisotopic (exact) mass is 1220 g/mol. The fraction of sp³-hybridized carbons (Fsp3) is 0.327. The fourth-order valence-electron chi connectivity index (χ4n) is 5.54. The summed E-state index contributed by atoms with van der Waals surface area (Å²) in [7, 11) is -6.99. The maximum Gasteiger partial charge on any atom is 0.307 e. The van der Waals surface area contributed by atoms with Crippen molar-refractivity contribution in [2.45, 2.75) is 38.4 Å². The summed E-state index contributed by atoms with van der Waals surface area (Å²) in [4.78, 5) is 30.8. The van der Waals surface area contributed by atoms with Gasteiger partial charge in [-0.15, -0.1) is 0 Å². The molecule has 0 aromatic heterocycles. The third-order valence-electron chi connectivity index (χ3n) is 8.97. The van der Waals surface area contributed by atoms with Gasteiger partial charge in [0.05, 0.1) is 58.6 Å². The van der Waals surface area contributed by atoms with Crippen LogP contribution < -0.4 is 0 Å². The molecule has 5 N–H and O–H groups in total. The predicted octanol–water partition coefficient (Wildman–Crippen LogP) is 7.03. The van der Waals surface area contributed by atoms with Gasteiger partial charge in [0.2, 0.25) is 0 Å². The molecule has 25 heteroatoms. The van der Waals surface area contributed by atoms with Crippen molar-refractivity contribution in [2.24, 2.45) is 0 Å². The topological polar surface area (TPSA) is 258 Å². The minimum atomic E-state index is -3.50. The van der Waals surface area contributed by atoms with Crippen molar-refractivity contribution in [3.8, 4) is 0 Å². The van der Waals surface area contributed by atoms with Gasteiger partial charge in [-0.1, -0.05) is 80.4 Å². The zero-order chi connectivity index (χ0) is 55.9. The Morgan fingerprint density at radius 2 is 0.905 bits per heavy atom. The molecular weight excluding hydrogens is 1160 g/mol. The number of aliphatic carboxylic acids is 1. The van der Waals surface area contributed by atoms with Crippen LogP contribution in [0.3, 0.4) is 0 Å². The summed E-state index contributed by atoms with van der Waals surface area (Å²) in [6, 6.07) is 22.0. The Labute approximate surface area is 442 Å². The highest BCUT2D eigenvalue weighted by Crippen LogP contribution is 2.25. The van der Waals surface area contributed by atoms with E-state index in [1.807, 2.05) is 0 Å². The number of rotatable bonds is 18. The maximum atomic E-state index is 13.8. The molecule has 0 unspecified atom stereocenters. The first-order chi connectivity index (χ1) is 34.9. The Morgan fingerprint density at radius 3 is 1.23 bits per heavy atom. The number of hydrogen-bond donors (Lipinski definition) is 5. The van der Waals surface area contributed by atoms with Gasteiger partial charge in [-0.2, -0.15) is 16.8 Å². The number of hydrogen-bond acceptors (Lipinski definition) is 15. The normalized spacial score (nSPS) is 11.9. The Bertz CT molecular complexity index is 2750. The van der Waals surface area contributed by atoms with Crippen molar-refractivity contribution in [1.82, 2.24) is 0 Å². The highest BCUT2D eigenvalue weighted by Gasteiger charge is 2.19. The predicted molar refractivity (Wildman–Crippen MR) is 269 cm³/mol. The largest absolute Gasteiger partial charge is 0.481 e. The van der Waals surface area contributed by atoms with E-state index in [-0.39, 0.29) is 82.3 Å². The number of ether oxygens (including phenoxy) is 2. The molecule has 16 nitrogen and oxygen atoms in total. The molecule has 0 radical (unpaired) electrons. The van der Waals surface area contributed by atoms with Gasteiger partial charge in [0.25, 0.3) is 20.2 Å². The Morgan fingerprint density at radius 1 is 0.554 bits per heavy atom. The Balaban J connectivity index is 0.000000460. The number of carbonyl (C=O) groups excluding carboxylic acids is 2. The van der Waals surface area contributed by atoms with Crippen molar-refractivity contribution < 1.29 is 96.5 Å². The van der Waals surface area contributed by atoms with Gasteiger partial charge in [0.1, 0.15) is 41.7 Å². The number of benzene rings is 5. The number of carbonyl (C=O) groups is 3. The second kappa shape index (κ2) is 36.1. The lowest BCUT2D eigenvalue weighted by atomic mass is 10.1. The lowest BCUT2D eigenvalue weighted by molar-refractivity contribution is -0.136. The molecule has 408 valence electrons. The molecule has 0 aliphatic carbocycles. The molecule has 6 rings (SSSR count). The second-order valence-electron chi connectivity index (χ2n) is 14.9. The molecule has 1 saturated heterocycles. The molecular formula is C49H55Br2F5O16S2. The SMILES string of the molecule is CS(=O)(=O)OCCc1ccc(C2OCCO2)cc1F.CS(=O)(=O)OCCc1ccc(C=O)cc1F.O=C(O)Cc1ccc(Br)cc1F.O=Cc1ccc(CCO)c(F)c1.OCCO.OCCc1ccc(Br)cc1F. The number of aliphatic hydroxyl groups excluding tert-OH is 4. The maximum absolute atomic E-state index is 13.8. The van der Waals surface area contributed by atoms with Crippen LogP contribution in [-0.4, -0.2) is 126 Å². The first-order valence-electron chi connectivity index (χ1n) is 21.6. The number of aliphatic hydroxyl groups is 4. The van der Waals surface area contributed by atoms with Crippen molar-refractivity contribution >= 4 is 70.6 Å². The molecule has 1 heterocycles. The van der Waals surface area contributed by atoms with Crippen LogP contribution in [0.5, 0.6) is 0 Å². The van der Waals surface area contributed by atoms with Gasteiger partial charge < -0.3 is 35.0 Å². The molecule has 5 aromatic carbocycles. The first-order valence-corrected chi connectivity index (χ1v) is 26.8. The molecule has 1 aliphatic rings. The average Bonchev–Trinajstić information content (AvgIpc) is 3.88. The fourth-order valence-corrected chi connectivity index (χ4v) is 6.98. The first kappa shape index (κ1) is 67.1. The van der Waals surface area contributed by atoms with Gasteiger partial charge in [-0.25, -0.2) is 22.0 Å². The lowest BCUT2D eigenvalue weighted by Crippen LogP contribution is -2.07. The van der Waals surface area contributed by atoms with E-state index < -0.39 is 55.8 Å². The van der Waals surface area contributed by atoms with Gasteiger partial charge >= 0.3 is 5.97 Å². The van der Waals surface area contributed by atoms with Crippen molar-refractivity contribution in [2.75, 3.05) is 65.4 Å². The molecule has 1 fully saturated rings. The molecule has 0 saturated carbocycles. The summed E-state index contributed by atoms with van der Waals surface area (Å²) in [6.45, 7) is 0.449. The molecule has 0 amide bonds. The summed E-state index contributed by atoms with van der Waals surface area (Å²) < 4.78 is 130. The van der Waals surface area contributed by atoms with E-state index in [1.165, 1.54) is 48.5 Å². The Hall–Kier alpha value is -4.90. The van der Waals surface area contributed by atoms with Gasteiger partial charge in [-0.3, -0.25) is 22.7 Å². The van der Waals surface area contributed by atoms with Gasteiger partial charge in [0.15, 0.2) is 6.29 Å². The van der Waals surface area contributed by atoms with E-state index in [2.05, 4.69) is 40.2 Å². The number of carboxylic acid groups (broad SMARTS) is 1. The third kappa shape index (κ3) is 29.3. The van der Waals surface area contributed by atoms with Crippen LogP contribution in [0.4, 0.5) is 22.0 Å². The highest BCUT2D eigenvalue weighted by molar-refractivity contribution is 9.10. The van der Waals surface area contributed by atoms with E-state index in [0.29, 0.717) is 70.1 Å². The summed E-state index contributed by atoms with van der Waals surface area (Å²) in [6.07, 6.45) is 3.20. The van der Waals surface area contributed by atoms with E-state index in [9.17, 15) is 53.2 Å². The van der Waals surface area contributed by atoms with Crippen LogP contribution >= 0.6 is 31.9 Å². The van der Waals surface area contributed by atoms with Crippen LogP contribution in [0, 0.1) is 29.1 Å². The van der Waals surface area contributed by atoms with Crippen LogP contribution in [0.15, 0.2) is 99.9 Å². The standard InChI is InChI=1S/C12H15FO5S.C10H11FO4S.C9H9FO2.C8H6BrFO2.C8H8BrFO.C2H6O2/c1-19(14,15)18-5-4-9-2-3-10(8-11(9)13)12-16-6-7-17-12;1-16(13,14)15-5-4-9-3-2-8(7-12)6-10(9)11;10-9-5-7(6-12)1-2-8(9)3-4-11;9-6-2-1-5(3-8(11)12)7(10)4-6;9-7-2-1-6(3-4-11)8(10)5-7;3-1-2-4/h2-3,8,12H,4-7H2,1H3;2-3,6-7H,4-5H2,1H3;1-2,5-6,11H,3-4H2;1-2,4H,3H2,(H,11,12);1-2,5,11H,3-4H2;3-4H,1-2H2. The third-order valence-corrected chi connectivity index (χ3v) is 11.1. The molecule has 0 bridgehead atoms. The minimum absolute atomic E-state index is 0.0153. The van der Waals surface area contributed by atoms with E-state index in [1.54, 1.807) is 30.3 Å². The molecule has 0 atom stereocenters. The molecule has 74 heavy (non-hydrogen) atoms. The van der Waals surface area contributed by atoms with Crippen molar-refractivity contribution in [1.29, 1.82) is 0 Å². The molecule has 5 aromatic rings. The van der Waals surface area contributed by atoms with Gasteiger partial charge in [0, 0.05) is 51.7 Å². The quantitative estimate of drug-likeness (QED) is 0.0335. The van der Waals surface area contributed by atoms with E-state index in [4.69, 9.17) is 35.0 Å². The lowest BCUT2D eigenvalue weighted by Gasteiger charge is -2.11. The summed E-state index contributed by atoms with van der Waals surface area (Å²) in [5.41, 5.74) is 3.06. The van der Waals surface area contributed by atoms with Crippen molar-refractivity contribution in [3.63, 3.8) is 0 Å². The number of aldehydes is 2. The number of carboxylic acids is 1. The summed E-state index contributed by atoms with van der Waals surface area (Å²) in [5.74, 6) is -3.19. The van der Waals surface area contributed by atoms with E-state index >= 15 is 0 Å². The van der Waals surface area contributed by atoms with Gasteiger partial charge in [-0.05, 0) is 83.1 Å². The number of halogens is 7. The van der Waals surface area contributed by atoms with Crippen molar-refractivity contribution in [3.05, 3.63) is 174 Å². The Kier molecular flexibility index (Phi) is 32.8. The zero-order valence-electron chi connectivity index (χ0n) is 39.8. The van der Waals surface area contributed by atoms with Crippen LogP contribution in [0.25, 0.3) is 0 Å². The van der Waals surface area contributed by atoms with Crippen LogP contribution in [0.2, 0.25) is 0 Å². The molecule has 0 spiro atoms. The zero-order valence-corrected chi connectivity index (χ0v) is 44.6. The van der Waals surface area contributed by atoms with Crippen LogP contribution in [0.1, 0.15) is 60.4 Å². The van der Waals surface area contributed by atoms with E-state index in [0.717, 1.165) is 29.1 Å². The van der Waals surface area contributed by atoms with Crippen LogP contribution in [-0.2, 0) is 75.0 Å². The average molecular weight is 1220 g/mol.